The van der Waals surface area contributed by atoms with E-state index in [1.54, 1.807) is 0 Å². The normalized spacial score (nSPS) is 12.9. The third-order valence-electron chi connectivity index (χ3n) is 3.09. The van der Waals surface area contributed by atoms with Crippen molar-refractivity contribution >= 4 is 12.3 Å². The molecule has 0 saturated carbocycles. The van der Waals surface area contributed by atoms with Crippen LogP contribution in [0.2, 0.25) is 0 Å². The summed E-state index contributed by atoms with van der Waals surface area (Å²) in [6, 6.07) is 15.1. The smallest absolute Gasteiger partial charge is 0.00649 e. The van der Waals surface area contributed by atoms with E-state index in [1.807, 2.05) is 0 Å². The van der Waals surface area contributed by atoms with Gasteiger partial charge in [-0.05, 0) is 33.2 Å². The van der Waals surface area contributed by atoms with Crippen LogP contribution in [-0.2, 0) is 0 Å². The average molecular weight is 221 g/mol. The summed E-state index contributed by atoms with van der Waals surface area (Å²) in [5, 5.41) is 2.62. The van der Waals surface area contributed by atoms with Crippen LogP contribution in [0.1, 0.15) is 5.56 Å². The van der Waals surface area contributed by atoms with Gasteiger partial charge in [-0.1, -0.05) is 42.5 Å². The van der Waals surface area contributed by atoms with Crippen LogP contribution in [0.25, 0.3) is 23.4 Å². The van der Waals surface area contributed by atoms with Gasteiger partial charge >= 0.3 is 0 Å². The van der Waals surface area contributed by atoms with Crippen molar-refractivity contribution in [3.8, 4) is 11.1 Å². The SMILES string of the molecule is CN(C)C=c1cccc2c1=Cc1ccccc1-2. The van der Waals surface area contributed by atoms with Crippen molar-refractivity contribution < 1.29 is 0 Å². The summed E-state index contributed by atoms with van der Waals surface area (Å²) >= 11 is 0. The Balaban J connectivity index is 2.35. The predicted octanol–water partition coefficient (Wildman–Crippen LogP) is 1.80. The topological polar surface area (TPSA) is 3.24 Å². The van der Waals surface area contributed by atoms with Gasteiger partial charge in [0.1, 0.15) is 0 Å². The van der Waals surface area contributed by atoms with Gasteiger partial charge in [-0.2, -0.15) is 0 Å². The second-order valence-corrected chi connectivity index (χ2v) is 4.63. The summed E-state index contributed by atoms with van der Waals surface area (Å²) < 4.78 is 0. The van der Waals surface area contributed by atoms with Gasteiger partial charge in [-0.3, -0.25) is 0 Å². The van der Waals surface area contributed by atoms with Crippen LogP contribution in [-0.4, -0.2) is 19.0 Å². The number of hydrogen-bond donors (Lipinski definition) is 0. The molecule has 2 aromatic carbocycles. The Labute approximate surface area is 101 Å². The minimum Gasteiger partial charge on any atom is -0.383 e. The van der Waals surface area contributed by atoms with Crippen molar-refractivity contribution in [2.75, 3.05) is 14.1 Å². The molecular weight excluding hydrogens is 206 g/mol. The lowest BCUT2D eigenvalue weighted by Crippen LogP contribution is -2.27. The second kappa shape index (κ2) is 3.77. The number of nitrogens with zero attached hydrogens (tertiary/aromatic N) is 1. The van der Waals surface area contributed by atoms with Gasteiger partial charge in [0.25, 0.3) is 0 Å². The lowest BCUT2D eigenvalue weighted by molar-refractivity contribution is 0.614. The highest BCUT2D eigenvalue weighted by Gasteiger charge is 2.10. The van der Waals surface area contributed by atoms with E-state index in [0.29, 0.717) is 0 Å². The average Bonchev–Trinajstić information content (AvgIpc) is 2.68. The van der Waals surface area contributed by atoms with Gasteiger partial charge in [-0.15, -0.1) is 0 Å². The lowest BCUT2D eigenvalue weighted by Gasteiger charge is -2.04. The van der Waals surface area contributed by atoms with Crippen LogP contribution in [0.3, 0.4) is 0 Å². The quantitative estimate of drug-likeness (QED) is 0.605. The fourth-order valence-corrected chi connectivity index (χ4v) is 2.39. The van der Waals surface area contributed by atoms with Crippen molar-refractivity contribution in [3.63, 3.8) is 0 Å². The molecule has 1 heteroatoms. The second-order valence-electron chi connectivity index (χ2n) is 4.63. The monoisotopic (exact) mass is 221 g/mol. The molecule has 0 aliphatic heterocycles. The lowest BCUT2D eigenvalue weighted by atomic mass is 10.1. The van der Waals surface area contributed by atoms with Crippen molar-refractivity contribution in [1.82, 2.24) is 4.90 Å². The Morgan fingerprint density at radius 2 is 1.65 bits per heavy atom. The third-order valence-corrected chi connectivity index (χ3v) is 3.09. The molecule has 1 nitrogen and oxygen atoms in total. The van der Waals surface area contributed by atoms with Crippen LogP contribution in [0.4, 0.5) is 0 Å². The Kier molecular flexibility index (Phi) is 2.25. The summed E-state index contributed by atoms with van der Waals surface area (Å²) in [6.07, 6.45) is 4.45. The summed E-state index contributed by atoms with van der Waals surface area (Å²) in [7, 11) is 4.11. The molecule has 0 aromatic heterocycles. The highest BCUT2D eigenvalue weighted by atomic mass is 15.0. The Hall–Kier alpha value is -2.02. The number of hydrogen-bond acceptors (Lipinski definition) is 1. The predicted molar refractivity (Wildman–Crippen MR) is 72.8 cm³/mol. The first-order valence-corrected chi connectivity index (χ1v) is 5.84. The first kappa shape index (κ1) is 10.2. The molecule has 0 saturated heterocycles. The number of fused-ring (bicyclic) bond motifs is 3. The minimum absolute atomic E-state index is 1.28. The van der Waals surface area contributed by atoms with E-state index >= 15 is 0 Å². The minimum atomic E-state index is 1.28. The molecule has 0 amide bonds. The molecular formula is C16H15N. The number of benzene rings is 2. The Bertz CT molecular complexity index is 681. The van der Waals surface area contributed by atoms with E-state index < -0.39 is 0 Å². The fourth-order valence-electron chi connectivity index (χ4n) is 2.39. The van der Waals surface area contributed by atoms with E-state index in [0.717, 1.165) is 0 Å². The third kappa shape index (κ3) is 1.64. The fraction of sp³-hybridized carbons (Fsp3) is 0.125. The summed E-state index contributed by atoms with van der Waals surface area (Å²) in [4.78, 5) is 2.09. The maximum Gasteiger partial charge on any atom is 0.00649 e. The van der Waals surface area contributed by atoms with E-state index in [1.165, 1.54) is 27.1 Å². The summed E-state index contributed by atoms with van der Waals surface area (Å²) in [5.74, 6) is 0. The highest BCUT2D eigenvalue weighted by molar-refractivity contribution is 5.82. The standard InChI is InChI=1S/C16H15N/c1-17(2)11-13-7-5-9-15-14-8-4-3-6-12(14)10-16(13)15/h3-11H,1-2H3. The molecule has 17 heavy (non-hydrogen) atoms. The van der Waals surface area contributed by atoms with Gasteiger partial charge in [0, 0.05) is 20.3 Å². The van der Waals surface area contributed by atoms with E-state index in [9.17, 15) is 0 Å². The Morgan fingerprint density at radius 3 is 2.47 bits per heavy atom. The molecule has 0 heterocycles. The zero-order chi connectivity index (χ0) is 11.8. The van der Waals surface area contributed by atoms with E-state index in [2.05, 4.69) is 73.7 Å². The molecule has 0 N–H and O–H groups in total. The van der Waals surface area contributed by atoms with E-state index in [4.69, 9.17) is 0 Å². The maximum atomic E-state index is 2.28. The van der Waals surface area contributed by atoms with Crippen molar-refractivity contribution in [2.24, 2.45) is 0 Å². The molecule has 0 spiro atoms. The first-order valence-electron chi connectivity index (χ1n) is 5.84. The van der Waals surface area contributed by atoms with Crippen molar-refractivity contribution in [2.45, 2.75) is 0 Å². The maximum absolute atomic E-state index is 2.28. The first-order chi connectivity index (χ1) is 8.25. The molecule has 1 aliphatic rings. The number of rotatable bonds is 1. The van der Waals surface area contributed by atoms with Gasteiger partial charge in [0.15, 0.2) is 0 Å². The van der Waals surface area contributed by atoms with Crippen LogP contribution in [0.15, 0.2) is 42.5 Å². The summed E-state index contributed by atoms with van der Waals surface area (Å²) in [6.45, 7) is 0. The van der Waals surface area contributed by atoms with Crippen molar-refractivity contribution in [1.29, 1.82) is 0 Å². The van der Waals surface area contributed by atoms with Gasteiger partial charge in [-0.25, -0.2) is 0 Å². The van der Waals surface area contributed by atoms with Crippen LogP contribution < -0.4 is 10.4 Å². The van der Waals surface area contributed by atoms with Crippen LogP contribution in [0, 0.1) is 0 Å². The molecule has 0 radical (unpaired) electrons. The molecule has 0 bridgehead atoms. The molecule has 3 rings (SSSR count). The highest BCUT2D eigenvalue weighted by Crippen LogP contribution is 2.24. The Morgan fingerprint density at radius 1 is 0.882 bits per heavy atom. The van der Waals surface area contributed by atoms with Crippen molar-refractivity contribution in [3.05, 3.63) is 58.5 Å². The zero-order valence-corrected chi connectivity index (χ0v) is 10.1. The molecule has 0 unspecified atom stereocenters. The molecule has 1 aliphatic carbocycles. The molecule has 0 atom stereocenters. The molecule has 2 aromatic rings. The van der Waals surface area contributed by atoms with E-state index in [-0.39, 0.29) is 0 Å². The molecule has 84 valence electrons. The van der Waals surface area contributed by atoms with Gasteiger partial charge in [0.2, 0.25) is 0 Å². The van der Waals surface area contributed by atoms with Crippen LogP contribution >= 0.6 is 0 Å². The summed E-state index contributed by atoms with van der Waals surface area (Å²) in [5.41, 5.74) is 4.01. The zero-order valence-electron chi connectivity index (χ0n) is 10.1. The molecule has 0 fully saturated rings. The largest absolute Gasteiger partial charge is 0.383 e. The van der Waals surface area contributed by atoms with Gasteiger partial charge < -0.3 is 4.90 Å². The van der Waals surface area contributed by atoms with Gasteiger partial charge in [0.05, 0.1) is 0 Å². The van der Waals surface area contributed by atoms with Crippen LogP contribution in [0.5, 0.6) is 0 Å².